The van der Waals surface area contributed by atoms with Gasteiger partial charge in [-0.1, -0.05) is 6.07 Å². The van der Waals surface area contributed by atoms with E-state index >= 15 is 0 Å². The number of aryl methyl sites for hydroxylation is 1. The first-order chi connectivity index (χ1) is 18.0. The summed E-state index contributed by atoms with van der Waals surface area (Å²) in [6.07, 6.45) is 7.98. The van der Waals surface area contributed by atoms with Crippen LogP contribution in [0.2, 0.25) is 0 Å². The lowest BCUT2D eigenvalue weighted by Crippen LogP contribution is -2.44. The van der Waals surface area contributed by atoms with Gasteiger partial charge in [0.05, 0.1) is 37.2 Å². The molecule has 2 N–H and O–H groups in total. The number of ether oxygens (including phenoxy) is 2. The average molecular weight is 503 g/mol. The second-order valence-corrected chi connectivity index (χ2v) is 9.27. The maximum atomic E-state index is 13.5. The molecule has 1 fully saturated rings. The molecule has 0 aliphatic carbocycles. The van der Waals surface area contributed by atoms with Crippen LogP contribution in [0.3, 0.4) is 0 Å². The van der Waals surface area contributed by atoms with Gasteiger partial charge < -0.3 is 25.0 Å². The van der Waals surface area contributed by atoms with Crippen molar-refractivity contribution in [1.29, 1.82) is 5.26 Å². The van der Waals surface area contributed by atoms with Crippen LogP contribution in [0.15, 0.2) is 36.8 Å². The second kappa shape index (κ2) is 10.8. The lowest BCUT2D eigenvalue weighted by molar-refractivity contribution is 0.0903. The third-order valence-corrected chi connectivity index (χ3v) is 6.79. The number of urea groups is 1. The minimum absolute atomic E-state index is 0.208. The van der Waals surface area contributed by atoms with Crippen molar-refractivity contribution in [3.63, 3.8) is 0 Å². The van der Waals surface area contributed by atoms with Crippen LogP contribution < -0.4 is 15.4 Å². The molecule has 2 amide bonds. The fraction of sp³-hybridized carbons (Fsp3) is 0.423. The highest BCUT2D eigenvalue weighted by atomic mass is 16.5. The van der Waals surface area contributed by atoms with Gasteiger partial charge in [0, 0.05) is 50.8 Å². The molecule has 1 atom stereocenters. The standard InChI is InChI=1S/C26H30N8O3/c1-33-15-20(14-29-33)24(17-3-4-18(12-27)23(11-17)36-2)32-26(35)34-8-5-19-13-28-25(31-22(19)16-34)30-21-6-9-37-10-7-21/h3-4,11,13-15,21,24H,5-10,16H2,1-2H3,(H,32,35)(H,28,30,31)/t24-/m1/s1. The number of benzene rings is 1. The summed E-state index contributed by atoms with van der Waals surface area (Å²) >= 11 is 0. The minimum atomic E-state index is -0.472. The molecular formula is C26H30N8O3. The number of rotatable bonds is 6. The molecule has 0 radical (unpaired) electrons. The van der Waals surface area contributed by atoms with E-state index in [2.05, 4.69) is 26.8 Å². The Balaban J connectivity index is 1.34. The molecule has 192 valence electrons. The van der Waals surface area contributed by atoms with Gasteiger partial charge in [0.25, 0.3) is 0 Å². The zero-order chi connectivity index (χ0) is 25.8. The normalized spacial score (nSPS) is 16.4. The van der Waals surface area contributed by atoms with Crippen molar-refractivity contribution < 1.29 is 14.3 Å². The van der Waals surface area contributed by atoms with E-state index in [1.54, 1.807) is 27.9 Å². The number of fused-ring (bicyclic) bond motifs is 1. The molecule has 4 heterocycles. The number of aromatic nitrogens is 4. The Labute approximate surface area is 215 Å². The summed E-state index contributed by atoms with van der Waals surface area (Å²) in [7, 11) is 3.35. The van der Waals surface area contributed by atoms with E-state index in [1.807, 2.05) is 25.5 Å². The number of methoxy groups -OCH3 is 1. The van der Waals surface area contributed by atoms with Gasteiger partial charge in [-0.05, 0) is 42.5 Å². The van der Waals surface area contributed by atoms with E-state index in [0.717, 1.165) is 48.4 Å². The Bertz CT molecular complexity index is 1310. The van der Waals surface area contributed by atoms with Gasteiger partial charge in [-0.3, -0.25) is 4.68 Å². The first-order valence-electron chi connectivity index (χ1n) is 12.3. The largest absolute Gasteiger partial charge is 0.495 e. The second-order valence-electron chi connectivity index (χ2n) is 9.27. The smallest absolute Gasteiger partial charge is 0.318 e. The SMILES string of the molecule is COc1cc([C@@H](NC(=O)N2CCc3cnc(NC4CCOCC4)nc3C2)c2cnn(C)c2)ccc1C#N. The molecule has 3 aromatic rings. The third kappa shape index (κ3) is 5.49. The van der Waals surface area contributed by atoms with Crippen molar-refractivity contribution in [3.05, 3.63) is 64.7 Å². The van der Waals surface area contributed by atoms with E-state index < -0.39 is 6.04 Å². The molecular weight excluding hydrogens is 472 g/mol. The highest BCUT2D eigenvalue weighted by molar-refractivity contribution is 5.75. The van der Waals surface area contributed by atoms with Crippen molar-refractivity contribution in [2.45, 2.75) is 37.9 Å². The number of nitriles is 1. The topological polar surface area (TPSA) is 130 Å². The molecule has 11 nitrogen and oxygen atoms in total. The summed E-state index contributed by atoms with van der Waals surface area (Å²) in [5, 5.41) is 20.2. The first kappa shape index (κ1) is 24.5. The van der Waals surface area contributed by atoms with Gasteiger partial charge in [0.15, 0.2) is 0 Å². The zero-order valence-corrected chi connectivity index (χ0v) is 21.0. The third-order valence-electron chi connectivity index (χ3n) is 6.79. The number of amides is 2. The molecule has 0 spiro atoms. The molecule has 1 aromatic carbocycles. The van der Waals surface area contributed by atoms with E-state index in [4.69, 9.17) is 14.5 Å². The van der Waals surface area contributed by atoms with Gasteiger partial charge >= 0.3 is 6.03 Å². The van der Waals surface area contributed by atoms with Crippen molar-refractivity contribution in [2.75, 3.05) is 32.2 Å². The Morgan fingerprint density at radius 1 is 1.27 bits per heavy atom. The molecule has 11 heteroatoms. The lowest BCUT2D eigenvalue weighted by Gasteiger charge is -2.30. The molecule has 0 unspecified atom stereocenters. The molecule has 2 aromatic heterocycles. The van der Waals surface area contributed by atoms with Crippen molar-refractivity contribution in [1.82, 2.24) is 30.0 Å². The van der Waals surface area contributed by atoms with Crippen molar-refractivity contribution >= 4 is 12.0 Å². The van der Waals surface area contributed by atoms with Crippen molar-refractivity contribution in [2.24, 2.45) is 7.05 Å². The van der Waals surface area contributed by atoms with Crippen LogP contribution in [-0.2, 0) is 24.8 Å². The van der Waals surface area contributed by atoms with Gasteiger partial charge in [-0.2, -0.15) is 10.4 Å². The van der Waals surface area contributed by atoms with Crippen LogP contribution >= 0.6 is 0 Å². The highest BCUT2D eigenvalue weighted by Crippen LogP contribution is 2.28. The number of hydrogen-bond acceptors (Lipinski definition) is 8. The number of carbonyl (C=O) groups is 1. The predicted molar refractivity (Wildman–Crippen MR) is 135 cm³/mol. The Morgan fingerprint density at radius 3 is 2.84 bits per heavy atom. The Morgan fingerprint density at radius 2 is 2.11 bits per heavy atom. The monoisotopic (exact) mass is 502 g/mol. The molecule has 1 saturated heterocycles. The van der Waals surface area contributed by atoms with E-state index in [9.17, 15) is 10.1 Å². The number of hydrogen-bond donors (Lipinski definition) is 2. The van der Waals surface area contributed by atoms with Crippen LogP contribution in [0, 0.1) is 11.3 Å². The fourth-order valence-corrected chi connectivity index (χ4v) is 4.71. The number of nitrogens with zero attached hydrogens (tertiary/aromatic N) is 6. The molecule has 2 aliphatic rings. The predicted octanol–water partition coefficient (Wildman–Crippen LogP) is 2.54. The van der Waals surface area contributed by atoms with E-state index in [-0.39, 0.29) is 6.03 Å². The van der Waals surface area contributed by atoms with E-state index in [1.165, 1.54) is 7.11 Å². The summed E-state index contributed by atoms with van der Waals surface area (Å²) in [4.78, 5) is 24.5. The lowest BCUT2D eigenvalue weighted by atomic mass is 9.99. The van der Waals surface area contributed by atoms with Crippen molar-refractivity contribution in [3.8, 4) is 11.8 Å². The molecule has 2 aliphatic heterocycles. The maximum absolute atomic E-state index is 13.5. The van der Waals surface area contributed by atoms with E-state index in [0.29, 0.717) is 42.8 Å². The molecule has 5 rings (SSSR count). The van der Waals surface area contributed by atoms with Crippen LogP contribution in [0.5, 0.6) is 5.75 Å². The summed E-state index contributed by atoms with van der Waals surface area (Å²) in [5.74, 6) is 1.04. The summed E-state index contributed by atoms with van der Waals surface area (Å²) in [6, 6.07) is 7.05. The fourth-order valence-electron chi connectivity index (χ4n) is 4.71. The zero-order valence-electron chi connectivity index (χ0n) is 21.0. The number of carbonyl (C=O) groups excluding carboxylic acids is 1. The maximum Gasteiger partial charge on any atom is 0.318 e. The summed E-state index contributed by atoms with van der Waals surface area (Å²) in [5.41, 5.74) is 3.95. The quantitative estimate of drug-likeness (QED) is 0.526. The van der Waals surface area contributed by atoms with Crippen LogP contribution in [0.25, 0.3) is 0 Å². The highest BCUT2D eigenvalue weighted by Gasteiger charge is 2.27. The van der Waals surface area contributed by atoms with Crippen LogP contribution in [0.4, 0.5) is 10.7 Å². The average Bonchev–Trinajstić information content (AvgIpc) is 3.37. The number of anilines is 1. The van der Waals surface area contributed by atoms with Gasteiger partial charge in [0.2, 0.25) is 5.95 Å². The minimum Gasteiger partial charge on any atom is -0.495 e. The van der Waals surface area contributed by atoms with Gasteiger partial charge in [-0.25, -0.2) is 14.8 Å². The van der Waals surface area contributed by atoms with Gasteiger partial charge in [0.1, 0.15) is 11.8 Å². The number of nitrogens with one attached hydrogen (secondary N) is 2. The first-order valence-corrected chi connectivity index (χ1v) is 12.3. The van der Waals surface area contributed by atoms with Crippen LogP contribution in [-0.4, -0.2) is 63.6 Å². The summed E-state index contributed by atoms with van der Waals surface area (Å²) < 4.78 is 12.5. The Kier molecular flexibility index (Phi) is 7.18. The molecule has 0 saturated carbocycles. The molecule has 37 heavy (non-hydrogen) atoms. The molecule has 0 bridgehead atoms. The van der Waals surface area contributed by atoms with Gasteiger partial charge in [-0.15, -0.1) is 0 Å². The van der Waals surface area contributed by atoms with Crippen LogP contribution in [0.1, 0.15) is 46.8 Å². The summed E-state index contributed by atoms with van der Waals surface area (Å²) in [6.45, 7) is 2.42. The Hall–Kier alpha value is -4.17.